The van der Waals surface area contributed by atoms with E-state index in [1.807, 2.05) is 0 Å². The number of fused-ring (bicyclic) bond motifs is 1. The molecule has 1 unspecified atom stereocenters. The molecule has 1 saturated carbocycles. The number of imide groups is 1. The van der Waals surface area contributed by atoms with E-state index in [0.717, 1.165) is 16.0 Å². The lowest BCUT2D eigenvalue weighted by atomic mass is 9.78. The predicted octanol–water partition coefficient (Wildman–Crippen LogP) is 5.23. The Morgan fingerprint density at radius 1 is 0.818 bits per heavy atom. The van der Waals surface area contributed by atoms with E-state index < -0.39 is 16.7 Å². The summed E-state index contributed by atoms with van der Waals surface area (Å²) in [5.74, 6) is -1.34. The number of benzene rings is 3. The van der Waals surface area contributed by atoms with E-state index in [0.29, 0.717) is 26.9 Å². The maximum atomic E-state index is 13.8. The molecule has 1 aliphatic carbocycles. The monoisotopic (exact) mass is 471 g/mol. The minimum atomic E-state index is -1.05. The molecule has 3 aromatic rings. The van der Waals surface area contributed by atoms with E-state index in [9.17, 15) is 20.1 Å². The summed E-state index contributed by atoms with van der Waals surface area (Å²) in [6, 6.07) is 22.7. The van der Waals surface area contributed by atoms with Gasteiger partial charge in [0, 0.05) is 15.5 Å². The molecule has 0 spiro atoms. The largest absolute Gasteiger partial charge is 0.274 e. The van der Waals surface area contributed by atoms with E-state index in [4.69, 9.17) is 23.2 Å². The molecule has 1 saturated heterocycles. The highest BCUT2D eigenvalue weighted by atomic mass is 35.5. The molecular weight excluding hydrogens is 457 g/mol. The lowest BCUT2D eigenvalue weighted by Crippen LogP contribution is -2.42. The van der Waals surface area contributed by atoms with Crippen molar-refractivity contribution in [3.05, 3.63) is 99.0 Å². The number of amides is 2. The van der Waals surface area contributed by atoms with E-state index in [1.54, 1.807) is 67.6 Å². The Bertz CT molecular complexity index is 1340. The van der Waals surface area contributed by atoms with Crippen LogP contribution >= 0.6 is 23.2 Å². The van der Waals surface area contributed by atoms with Gasteiger partial charge in [-0.05, 0) is 60.5 Å². The molecular formula is C26H15Cl2N3O2. The number of hydrogen-bond acceptors (Lipinski definition) is 4. The molecule has 0 aromatic heterocycles. The van der Waals surface area contributed by atoms with E-state index in [2.05, 4.69) is 12.1 Å². The summed E-state index contributed by atoms with van der Waals surface area (Å²) in [5, 5.41) is 19.1. The number of nitrogens with zero attached hydrogens (tertiary/aromatic N) is 3. The van der Waals surface area contributed by atoms with Gasteiger partial charge < -0.3 is 0 Å². The molecule has 0 bridgehead atoms. The summed E-state index contributed by atoms with van der Waals surface area (Å²) in [5.41, 5.74) is 0.872. The van der Waals surface area contributed by atoms with Gasteiger partial charge in [-0.25, -0.2) is 4.90 Å². The first-order chi connectivity index (χ1) is 15.8. The quantitative estimate of drug-likeness (QED) is 0.489. The van der Waals surface area contributed by atoms with Gasteiger partial charge in [0.05, 0.1) is 40.3 Å². The first kappa shape index (κ1) is 21.2. The van der Waals surface area contributed by atoms with Crippen molar-refractivity contribution in [1.29, 1.82) is 10.5 Å². The molecule has 1 aliphatic heterocycles. The molecule has 2 fully saturated rings. The van der Waals surface area contributed by atoms with Crippen LogP contribution < -0.4 is 4.90 Å². The number of carbonyl (C=O) groups is 2. The molecule has 5 nitrogen and oxygen atoms in total. The van der Waals surface area contributed by atoms with Crippen molar-refractivity contribution < 1.29 is 9.59 Å². The number of carbonyl (C=O) groups excluding carboxylic acids is 2. The third-order valence-electron chi connectivity index (χ3n) is 6.91. The second-order valence-electron chi connectivity index (χ2n) is 8.43. The van der Waals surface area contributed by atoms with Crippen molar-refractivity contribution in [3.8, 4) is 12.1 Å². The number of hydrogen-bond donors (Lipinski definition) is 0. The lowest BCUT2D eigenvalue weighted by Gasteiger charge is -2.29. The smallest absolute Gasteiger partial charge is 0.241 e. The summed E-state index contributed by atoms with van der Waals surface area (Å²) >= 11 is 12.2. The normalized spacial score (nSPS) is 22.5. The summed E-state index contributed by atoms with van der Waals surface area (Å²) in [4.78, 5) is 28.7. The van der Waals surface area contributed by atoms with Gasteiger partial charge in [0.15, 0.2) is 0 Å². The second kappa shape index (κ2) is 7.18. The number of halogens is 2. The predicted molar refractivity (Wildman–Crippen MR) is 124 cm³/mol. The minimum Gasteiger partial charge on any atom is -0.274 e. The number of rotatable bonds is 3. The molecule has 7 heteroatoms. The van der Waals surface area contributed by atoms with Crippen LogP contribution in [0.25, 0.3) is 0 Å². The third kappa shape index (κ3) is 2.70. The van der Waals surface area contributed by atoms with Crippen molar-refractivity contribution in [2.75, 3.05) is 4.90 Å². The van der Waals surface area contributed by atoms with Crippen molar-refractivity contribution in [2.45, 2.75) is 12.3 Å². The van der Waals surface area contributed by atoms with Gasteiger partial charge in [0.25, 0.3) is 0 Å². The van der Waals surface area contributed by atoms with Crippen molar-refractivity contribution in [1.82, 2.24) is 0 Å². The fourth-order valence-electron chi connectivity index (χ4n) is 5.43. The Hall–Kier alpha value is -3.64. The Morgan fingerprint density at radius 2 is 1.27 bits per heavy atom. The van der Waals surface area contributed by atoms with Crippen molar-refractivity contribution in [2.24, 2.45) is 11.3 Å². The van der Waals surface area contributed by atoms with Gasteiger partial charge in [-0.15, -0.1) is 0 Å². The summed E-state index contributed by atoms with van der Waals surface area (Å²) in [6.45, 7) is 1.79. The third-order valence-corrected chi connectivity index (χ3v) is 7.34. The molecule has 2 aliphatic rings. The van der Waals surface area contributed by atoms with Crippen LogP contribution in [0.2, 0.25) is 10.0 Å². The highest BCUT2D eigenvalue weighted by Gasteiger charge is 2.86. The average molecular weight is 472 g/mol. The van der Waals surface area contributed by atoms with E-state index in [-0.39, 0.29) is 11.8 Å². The molecule has 160 valence electrons. The van der Waals surface area contributed by atoms with Gasteiger partial charge in [-0.3, -0.25) is 9.59 Å². The molecule has 33 heavy (non-hydrogen) atoms. The fraction of sp³-hybridized carbons (Fsp3) is 0.154. The summed E-state index contributed by atoms with van der Waals surface area (Å²) in [6.07, 6.45) is 0. The zero-order valence-electron chi connectivity index (χ0n) is 17.3. The maximum absolute atomic E-state index is 13.8. The Balaban J connectivity index is 1.68. The highest BCUT2D eigenvalue weighted by molar-refractivity contribution is 6.36. The standard InChI is InChI=1S/C26H15Cl2N3O2/c1-25-22(23(32)31(24(25)33)21-11-19(27)10-20(28)12-21)26(25,17-6-2-15(13-29)3-7-17)18-8-4-16(14-30)5-9-18/h2-12,22H,1H3/t22?,25-/m0/s1. The van der Waals surface area contributed by atoms with Crippen molar-refractivity contribution in [3.63, 3.8) is 0 Å². The SMILES string of the molecule is C[C@@]12C(=O)N(c3cc(Cl)cc(Cl)c3)C(=O)C1C2(c1ccc(C#N)cc1)c1ccc(C#N)cc1. The van der Waals surface area contributed by atoms with Crippen LogP contribution in [0.4, 0.5) is 5.69 Å². The summed E-state index contributed by atoms with van der Waals surface area (Å²) < 4.78 is 0. The maximum Gasteiger partial charge on any atom is 0.241 e. The first-order valence-corrected chi connectivity index (χ1v) is 10.9. The van der Waals surface area contributed by atoms with Crippen LogP contribution in [0, 0.1) is 34.0 Å². The Labute approximate surface area is 200 Å². The average Bonchev–Trinajstić information content (AvgIpc) is 3.33. The van der Waals surface area contributed by atoms with E-state index >= 15 is 0 Å². The lowest BCUT2D eigenvalue weighted by molar-refractivity contribution is -0.125. The molecule has 3 aromatic carbocycles. The zero-order chi connectivity index (χ0) is 23.5. The van der Waals surface area contributed by atoms with Crippen LogP contribution in [0.1, 0.15) is 29.2 Å². The van der Waals surface area contributed by atoms with Gasteiger partial charge in [-0.1, -0.05) is 47.5 Å². The molecule has 0 radical (unpaired) electrons. The Kier molecular flexibility index (Phi) is 4.62. The first-order valence-electron chi connectivity index (χ1n) is 10.1. The van der Waals surface area contributed by atoms with Crippen LogP contribution in [0.5, 0.6) is 0 Å². The van der Waals surface area contributed by atoms with Crippen LogP contribution in [-0.4, -0.2) is 11.8 Å². The summed E-state index contributed by atoms with van der Waals surface area (Å²) in [7, 11) is 0. The van der Waals surface area contributed by atoms with Crippen LogP contribution in [-0.2, 0) is 15.0 Å². The van der Waals surface area contributed by atoms with Gasteiger partial charge in [-0.2, -0.15) is 10.5 Å². The molecule has 2 atom stereocenters. The minimum absolute atomic E-state index is 0.328. The fourth-order valence-corrected chi connectivity index (χ4v) is 5.95. The molecule has 1 heterocycles. The highest BCUT2D eigenvalue weighted by Crippen LogP contribution is 2.76. The van der Waals surface area contributed by atoms with Crippen molar-refractivity contribution >= 4 is 40.7 Å². The number of anilines is 1. The van der Waals surface area contributed by atoms with Gasteiger partial charge >= 0.3 is 0 Å². The van der Waals surface area contributed by atoms with Crippen LogP contribution in [0.15, 0.2) is 66.7 Å². The van der Waals surface area contributed by atoms with Gasteiger partial charge in [0.1, 0.15) is 0 Å². The topological polar surface area (TPSA) is 85.0 Å². The molecule has 2 amide bonds. The second-order valence-corrected chi connectivity index (χ2v) is 9.30. The number of nitriles is 2. The van der Waals surface area contributed by atoms with E-state index in [1.165, 1.54) is 6.07 Å². The molecule has 5 rings (SSSR count). The number of piperidine rings is 1. The van der Waals surface area contributed by atoms with Gasteiger partial charge in [0.2, 0.25) is 11.8 Å². The zero-order valence-corrected chi connectivity index (χ0v) is 18.9. The Morgan fingerprint density at radius 3 is 1.64 bits per heavy atom. The van der Waals surface area contributed by atoms with Crippen LogP contribution in [0.3, 0.4) is 0 Å². The molecule has 0 N–H and O–H groups in total.